The maximum atomic E-state index is 10.4. The number of nitrogen functional groups attached to an aromatic ring is 1. The van der Waals surface area contributed by atoms with Gasteiger partial charge in [0.2, 0.25) is 5.91 Å². The molecule has 78 valence electrons. The van der Waals surface area contributed by atoms with E-state index in [1.807, 2.05) is 0 Å². The number of carbonyl (C=O) groups is 1. The molecule has 0 bridgehead atoms. The second kappa shape index (κ2) is 4.91. The standard InChI is InChI=1S/C11H12N2O2/c1-15-9-6-5-8(10(12)7-9)3-2-4-11(13)14/h5-7H,4,12H2,1H3,(H2,13,14). The molecule has 0 aliphatic carbocycles. The summed E-state index contributed by atoms with van der Waals surface area (Å²) in [6, 6.07) is 5.17. The van der Waals surface area contributed by atoms with Crippen LogP contribution in [0.1, 0.15) is 12.0 Å². The van der Waals surface area contributed by atoms with Gasteiger partial charge in [-0.1, -0.05) is 11.8 Å². The van der Waals surface area contributed by atoms with E-state index in [1.165, 1.54) is 0 Å². The van der Waals surface area contributed by atoms with Gasteiger partial charge in [0.15, 0.2) is 0 Å². The number of amides is 1. The van der Waals surface area contributed by atoms with Crippen molar-refractivity contribution in [1.82, 2.24) is 0 Å². The highest BCUT2D eigenvalue weighted by atomic mass is 16.5. The Kier molecular flexibility index (Phi) is 3.58. The molecule has 1 aromatic carbocycles. The van der Waals surface area contributed by atoms with Crippen LogP contribution in [0.25, 0.3) is 0 Å². The molecular formula is C11H12N2O2. The van der Waals surface area contributed by atoms with Crippen molar-refractivity contribution in [2.24, 2.45) is 5.73 Å². The number of methoxy groups -OCH3 is 1. The van der Waals surface area contributed by atoms with E-state index in [4.69, 9.17) is 16.2 Å². The summed E-state index contributed by atoms with van der Waals surface area (Å²) in [6.45, 7) is 0. The van der Waals surface area contributed by atoms with Gasteiger partial charge in [-0.05, 0) is 12.1 Å². The lowest BCUT2D eigenvalue weighted by Crippen LogP contribution is -2.08. The molecule has 0 aliphatic rings. The highest BCUT2D eigenvalue weighted by molar-refractivity contribution is 5.76. The molecule has 1 amide bonds. The first-order valence-electron chi connectivity index (χ1n) is 4.34. The molecule has 1 aromatic rings. The van der Waals surface area contributed by atoms with Gasteiger partial charge in [-0.2, -0.15) is 0 Å². The molecular weight excluding hydrogens is 192 g/mol. The fourth-order valence-electron chi connectivity index (χ4n) is 1.01. The highest BCUT2D eigenvalue weighted by Gasteiger charge is 1.97. The largest absolute Gasteiger partial charge is 0.497 e. The third-order valence-corrected chi connectivity index (χ3v) is 1.74. The first-order chi connectivity index (χ1) is 7.13. The number of anilines is 1. The molecule has 0 fully saturated rings. The van der Waals surface area contributed by atoms with Crippen LogP contribution < -0.4 is 16.2 Å². The summed E-state index contributed by atoms with van der Waals surface area (Å²) >= 11 is 0. The van der Waals surface area contributed by atoms with Gasteiger partial charge in [0.25, 0.3) is 0 Å². The second-order valence-corrected chi connectivity index (χ2v) is 2.90. The van der Waals surface area contributed by atoms with E-state index in [9.17, 15) is 4.79 Å². The number of carbonyl (C=O) groups excluding carboxylic acids is 1. The summed E-state index contributed by atoms with van der Waals surface area (Å²) in [4.78, 5) is 10.4. The van der Waals surface area contributed by atoms with Gasteiger partial charge in [0.05, 0.1) is 19.2 Å². The summed E-state index contributed by atoms with van der Waals surface area (Å²) < 4.78 is 4.99. The molecule has 0 unspecified atom stereocenters. The minimum atomic E-state index is -0.449. The summed E-state index contributed by atoms with van der Waals surface area (Å²) in [6.07, 6.45) is 0.0332. The zero-order valence-corrected chi connectivity index (χ0v) is 8.41. The van der Waals surface area contributed by atoms with Gasteiger partial charge in [-0.15, -0.1) is 0 Å². The molecule has 4 nitrogen and oxygen atoms in total. The topological polar surface area (TPSA) is 78.3 Å². The smallest absolute Gasteiger partial charge is 0.229 e. The highest BCUT2D eigenvalue weighted by Crippen LogP contribution is 2.18. The quantitative estimate of drug-likeness (QED) is 0.544. The number of hydrogen-bond donors (Lipinski definition) is 2. The molecule has 0 radical (unpaired) electrons. The van der Waals surface area contributed by atoms with E-state index >= 15 is 0 Å². The Bertz CT molecular complexity index is 430. The van der Waals surface area contributed by atoms with Crippen LogP contribution in [0.5, 0.6) is 5.75 Å². The Morgan fingerprint density at radius 2 is 2.27 bits per heavy atom. The Balaban J connectivity index is 2.85. The first kappa shape index (κ1) is 10.9. The van der Waals surface area contributed by atoms with E-state index < -0.39 is 5.91 Å². The normalized spacial score (nSPS) is 8.87. The van der Waals surface area contributed by atoms with Crippen molar-refractivity contribution < 1.29 is 9.53 Å². The molecule has 4 heteroatoms. The molecule has 0 saturated carbocycles. The average Bonchev–Trinajstić information content (AvgIpc) is 2.20. The number of nitrogens with two attached hydrogens (primary N) is 2. The van der Waals surface area contributed by atoms with Crippen LogP contribution in [0.3, 0.4) is 0 Å². The summed E-state index contributed by atoms with van der Waals surface area (Å²) in [5.41, 5.74) is 11.8. The van der Waals surface area contributed by atoms with Crippen LogP contribution in [-0.4, -0.2) is 13.0 Å². The molecule has 0 saturated heterocycles. The predicted molar refractivity (Wildman–Crippen MR) is 58.1 cm³/mol. The van der Waals surface area contributed by atoms with Crippen LogP contribution in [-0.2, 0) is 4.79 Å². The van der Waals surface area contributed by atoms with Gasteiger partial charge < -0.3 is 16.2 Å². The molecule has 4 N–H and O–H groups in total. The Hall–Kier alpha value is -2.15. The number of hydrogen-bond acceptors (Lipinski definition) is 3. The summed E-state index contributed by atoms with van der Waals surface area (Å²) in [5.74, 6) is 5.62. The Morgan fingerprint density at radius 1 is 1.53 bits per heavy atom. The second-order valence-electron chi connectivity index (χ2n) is 2.90. The monoisotopic (exact) mass is 204 g/mol. The van der Waals surface area contributed by atoms with Crippen LogP contribution >= 0.6 is 0 Å². The number of benzene rings is 1. The van der Waals surface area contributed by atoms with Crippen LogP contribution in [0, 0.1) is 11.8 Å². The van der Waals surface area contributed by atoms with Crippen molar-refractivity contribution in [3.05, 3.63) is 23.8 Å². The fraction of sp³-hybridized carbons (Fsp3) is 0.182. The van der Waals surface area contributed by atoms with Gasteiger partial charge >= 0.3 is 0 Å². The molecule has 0 atom stereocenters. The molecule has 15 heavy (non-hydrogen) atoms. The lowest BCUT2D eigenvalue weighted by molar-refractivity contribution is -0.117. The Labute approximate surface area is 88.2 Å². The Morgan fingerprint density at radius 3 is 2.80 bits per heavy atom. The fourth-order valence-corrected chi connectivity index (χ4v) is 1.01. The van der Waals surface area contributed by atoms with Crippen molar-refractivity contribution in [1.29, 1.82) is 0 Å². The van der Waals surface area contributed by atoms with E-state index in [0.717, 1.165) is 0 Å². The average molecular weight is 204 g/mol. The van der Waals surface area contributed by atoms with Gasteiger partial charge in [0.1, 0.15) is 5.75 Å². The van der Waals surface area contributed by atoms with Crippen LogP contribution in [0.4, 0.5) is 5.69 Å². The van der Waals surface area contributed by atoms with Crippen molar-refractivity contribution in [3.63, 3.8) is 0 Å². The molecule has 0 spiro atoms. The minimum Gasteiger partial charge on any atom is -0.497 e. The minimum absolute atomic E-state index is 0.0332. The van der Waals surface area contributed by atoms with Crippen LogP contribution in [0.15, 0.2) is 18.2 Å². The van der Waals surface area contributed by atoms with Gasteiger partial charge in [-0.3, -0.25) is 4.79 Å². The van der Waals surface area contributed by atoms with E-state index in [2.05, 4.69) is 11.8 Å². The SMILES string of the molecule is COc1ccc(C#CCC(N)=O)c(N)c1. The molecule has 0 aliphatic heterocycles. The van der Waals surface area contributed by atoms with Gasteiger partial charge in [0, 0.05) is 11.6 Å². The van der Waals surface area contributed by atoms with Crippen LogP contribution in [0.2, 0.25) is 0 Å². The lowest BCUT2D eigenvalue weighted by Gasteiger charge is -2.02. The predicted octanol–water partition coefficient (Wildman–Crippen LogP) is 0.504. The zero-order chi connectivity index (χ0) is 11.3. The van der Waals surface area contributed by atoms with E-state index in [-0.39, 0.29) is 6.42 Å². The van der Waals surface area contributed by atoms with Crippen molar-refractivity contribution in [3.8, 4) is 17.6 Å². The first-order valence-corrected chi connectivity index (χ1v) is 4.34. The zero-order valence-electron chi connectivity index (χ0n) is 8.41. The molecule has 0 heterocycles. The third-order valence-electron chi connectivity index (χ3n) is 1.74. The molecule has 1 rings (SSSR count). The van der Waals surface area contributed by atoms with Crippen molar-refractivity contribution in [2.75, 3.05) is 12.8 Å². The van der Waals surface area contributed by atoms with Crippen molar-refractivity contribution >= 4 is 11.6 Å². The molecule has 0 aromatic heterocycles. The van der Waals surface area contributed by atoms with Crippen molar-refractivity contribution in [2.45, 2.75) is 6.42 Å². The van der Waals surface area contributed by atoms with Gasteiger partial charge in [-0.25, -0.2) is 0 Å². The maximum absolute atomic E-state index is 10.4. The lowest BCUT2D eigenvalue weighted by atomic mass is 10.1. The van der Waals surface area contributed by atoms with E-state index in [0.29, 0.717) is 17.0 Å². The number of primary amides is 1. The summed E-state index contributed by atoms with van der Waals surface area (Å²) in [5, 5.41) is 0. The third kappa shape index (κ3) is 3.24. The number of rotatable bonds is 2. The van der Waals surface area contributed by atoms with E-state index in [1.54, 1.807) is 25.3 Å². The number of ether oxygens (including phenoxy) is 1. The maximum Gasteiger partial charge on any atom is 0.229 e. The summed E-state index contributed by atoms with van der Waals surface area (Å²) in [7, 11) is 1.56.